The highest BCUT2D eigenvalue weighted by Crippen LogP contribution is 2.33. The Balaban J connectivity index is 2.33. The van der Waals surface area contributed by atoms with Gasteiger partial charge in [-0.25, -0.2) is 9.97 Å². The normalized spacial score (nSPS) is 12.6. The fourth-order valence-corrected chi connectivity index (χ4v) is 3.17. The predicted molar refractivity (Wildman–Crippen MR) is 87.7 cm³/mol. The van der Waals surface area contributed by atoms with Gasteiger partial charge < -0.3 is 4.90 Å². The van der Waals surface area contributed by atoms with E-state index in [1.54, 1.807) is 32.2 Å². The van der Waals surface area contributed by atoms with Crippen molar-refractivity contribution in [1.29, 1.82) is 5.26 Å². The lowest BCUT2D eigenvalue weighted by Crippen LogP contribution is -2.34. The van der Waals surface area contributed by atoms with Crippen molar-refractivity contribution in [3.63, 3.8) is 0 Å². The molecule has 1 aromatic heterocycles. The molecule has 1 atom stereocenters. The highest BCUT2D eigenvalue weighted by Gasteiger charge is 2.36. The SMILES string of the molecule is C[C@@H](Sc1nc(C(F)(F)F)nc2ccccc12)C(=O)N(C)CCC#N. The molecule has 2 aromatic rings. The molecular weight excluding hydrogens is 353 g/mol. The first-order valence-electron chi connectivity index (χ1n) is 7.36. The number of thioether (sulfide) groups is 1. The number of fused-ring (bicyclic) bond motifs is 1. The molecule has 0 aliphatic rings. The summed E-state index contributed by atoms with van der Waals surface area (Å²) < 4.78 is 39.1. The van der Waals surface area contributed by atoms with Crippen molar-refractivity contribution in [3.05, 3.63) is 30.1 Å². The van der Waals surface area contributed by atoms with Gasteiger partial charge in [0, 0.05) is 19.0 Å². The maximum absolute atomic E-state index is 13.0. The standard InChI is InChI=1S/C16H15F3N4OS/c1-10(14(24)23(2)9-5-8-20)25-13-11-6-3-4-7-12(11)21-15(22-13)16(17,18)19/h3-4,6-7,10H,5,9H2,1-2H3/t10-/m1/s1. The van der Waals surface area contributed by atoms with Gasteiger partial charge in [-0.15, -0.1) is 0 Å². The monoisotopic (exact) mass is 368 g/mol. The molecule has 1 amide bonds. The molecule has 132 valence electrons. The van der Waals surface area contributed by atoms with Crippen LogP contribution >= 0.6 is 11.8 Å². The summed E-state index contributed by atoms with van der Waals surface area (Å²) in [6.45, 7) is 1.86. The lowest BCUT2D eigenvalue weighted by atomic mass is 10.2. The third-order valence-corrected chi connectivity index (χ3v) is 4.48. The molecule has 0 aliphatic carbocycles. The first-order chi connectivity index (χ1) is 11.7. The van der Waals surface area contributed by atoms with Crippen molar-refractivity contribution in [1.82, 2.24) is 14.9 Å². The van der Waals surface area contributed by atoms with Crippen LogP contribution in [0, 0.1) is 11.3 Å². The predicted octanol–water partition coefficient (Wildman–Crippen LogP) is 3.50. The molecule has 0 saturated heterocycles. The number of para-hydroxylation sites is 1. The number of amides is 1. The lowest BCUT2D eigenvalue weighted by Gasteiger charge is -2.20. The van der Waals surface area contributed by atoms with Gasteiger partial charge in [0.05, 0.1) is 23.3 Å². The highest BCUT2D eigenvalue weighted by molar-refractivity contribution is 8.00. The summed E-state index contributed by atoms with van der Waals surface area (Å²) in [7, 11) is 1.55. The Hall–Kier alpha value is -2.34. The molecule has 1 heterocycles. The number of hydrogen-bond donors (Lipinski definition) is 0. The largest absolute Gasteiger partial charge is 0.451 e. The lowest BCUT2D eigenvalue weighted by molar-refractivity contribution is -0.145. The zero-order valence-electron chi connectivity index (χ0n) is 13.5. The van der Waals surface area contributed by atoms with Crippen LogP contribution in [-0.2, 0) is 11.0 Å². The van der Waals surface area contributed by atoms with E-state index in [4.69, 9.17) is 5.26 Å². The van der Waals surface area contributed by atoms with E-state index in [9.17, 15) is 18.0 Å². The third-order valence-electron chi connectivity index (χ3n) is 3.39. The van der Waals surface area contributed by atoms with Gasteiger partial charge in [0.1, 0.15) is 5.03 Å². The Bertz CT molecular complexity index is 819. The number of carbonyl (C=O) groups excluding carboxylic acids is 1. The molecule has 0 bridgehead atoms. The molecule has 0 fully saturated rings. The number of alkyl halides is 3. The molecule has 0 radical (unpaired) electrons. The Morgan fingerprint density at radius 2 is 2.04 bits per heavy atom. The second kappa shape index (κ2) is 7.70. The zero-order valence-corrected chi connectivity index (χ0v) is 14.4. The van der Waals surface area contributed by atoms with Crippen LogP contribution in [0.25, 0.3) is 10.9 Å². The molecule has 2 rings (SSSR count). The molecule has 9 heteroatoms. The molecule has 1 aromatic carbocycles. The fourth-order valence-electron chi connectivity index (χ4n) is 2.12. The maximum Gasteiger partial charge on any atom is 0.451 e. The Morgan fingerprint density at radius 3 is 2.68 bits per heavy atom. The summed E-state index contributed by atoms with van der Waals surface area (Å²) in [5.41, 5.74) is 0.171. The summed E-state index contributed by atoms with van der Waals surface area (Å²) in [6, 6.07) is 8.30. The molecule has 0 saturated carbocycles. The van der Waals surface area contributed by atoms with E-state index in [1.807, 2.05) is 6.07 Å². The van der Waals surface area contributed by atoms with Crippen molar-refractivity contribution in [2.24, 2.45) is 0 Å². The van der Waals surface area contributed by atoms with Gasteiger partial charge >= 0.3 is 6.18 Å². The first kappa shape index (κ1) is 19.0. The van der Waals surface area contributed by atoms with Crippen LogP contribution in [0.4, 0.5) is 13.2 Å². The van der Waals surface area contributed by atoms with Gasteiger partial charge in [-0.2, -0.15) is 18.4 Å². The average molecular weight is 368 g/mol. The van der Waals surface area contributed by atoms with Crippen molar-refractivity contribution < 1.29 is 18.0 Å². The van der Waals surface area contributed by atoms with Crippen LogP contribution in [0.2, 0.25) is 0 Å². The highest BCUT2D eigenvalue weighted by atomic mass is 32.2. The van der Waals surface area contributed by atoms with Gasteiger partial charge in [-0.3, -0.25) is 4.79 Å². The molecule has 0 spiro atoms. The van der Waals surface area contributed by atoms with E-state index in [-0.39, 0.29) is 29.4 Å². The fraction of sp³-hybridized carbons (Fsp3) is 0.375. The smallest absolute Gasteiger partial charge is 0.344 e. The number of carbonyl (C=O) groups is 1. The van der Waals surface area contributed by atoms with Crippen molar-refractivity contribution in [2.75, 3.05) is 13.6 Å². The van der Waals surface area contributed by atoms with Gasteiger partial charge in [-0.05, 0) is 13.0 Å². The van der Waals surface area contributed by atoms with Crippen LogP contribution in [0.15, 0.2) is 29.3 Å². The molecule has 0 N–H and O–H groups in total. The van der Waals surface area contributed by atoms with Gasteiger partial charge in [0.15, 0.2) is 0 Å². The van der Waals surface area contributed by atoms with Gasteiger partial charge in [0.2, 0.25) is 11.7 Å². The number of hydrogen-bond acceptors (Lipinski definition) is 5. The Kier molecular flexibility index (Phi) is 5.85. The van der Waals surface area contributed by atoms with E-state index in [1.165, 1.54) is 11.0 Å². The molecule has 0 unspecified atom stereocenters. The summed E-state index contributed by atoms with van der Waals surface area (Å²) in [6.07, 6.45) is -4.48. The number of nitrogens with zero attached hydrogens (tertiary/aromatic N) is 4. The van der Waals surface area contributed by atoms with Crippen LogP contribution in [0.3, 0.4) is 0 Å². The van der Waals surface area contributed by atoms with Gasteiger partial charge in [0.25, 0.3) is 0 Å². The molecule has 5 nitrogen and oxygen atoms in total. The van der Waals surface area contributed by atoms with Crippen molar-refractivity contribution >= 4 is 28.6 Å². The maximum atomic E-state index is 13.0. The van der Waals surface area contributed by atoms with E-state index in [2.05, 4.69) is 9.97 Å². The van der Waals surface area contributed by atoms with E-state index in [0.717, 1.165) is 11.8 Å². The van der Waals surface area contributed by atoms with Gasteiger partial charge in [-0.1, -0.05) is 30.0 Å². The van der Waals surface area contributed by atoms with E-state index >= 15 is 0 Å². The Morgan fingerprint density at radius 1 is 1.36 bits per heavy atom. The summed E-state index contributed by atoms with van der Waals surface area (Å²) >= 11 is 0.948. The van der Waals surface area contributed by atoms with Crippen molar-refractivity contribution in [2.45, 2.75) is 29.8 Å². The number of halogens is 3. The molecule has 25 heavy (non-hydrogen) atoms. The van der Waals surface area contributed by atoms with Crippen LogP contribution in [-0.4, -0.2) is 39.6 Å². The zero-order chi connectivity index (χ0) is 18.6. The second-order valence-electron chi connectivity index (χ2n) is 5.30. The number of nitriles is 1. The van der Waals surface area contributed by atoms with E-state index in [0.29, 0.717) is 5.39 Å². The number of rotatable bonds is 5. The second-order valence-corrected chi connectivity index (χ2v) is 6.62. The molecule has 0 aliphatic heterocycles. The molecular formula is C16H15F3N4OS. The minimum absolute atomic E-state index is 0.104. The van der Waals surface area contributed by atoms with Crippen LogP contribution in [0.5, 0.6) is 0 Å². The quantitative estimate of drug-likeness (QED) is 0.597. The first-order valence-corrected chi connectivity index (χ1v) is 8.24. The van der Waals surface area contributed by atoms with Crippen LogP contribution < -0.4 is 0 Å². The van der Waals surface area contributed by atoms with E-state index < -0.39 is 17.3 Å². The summed E-state index contributed by atoms with van der Waals surface area (Å²) in [5.74, 6) is -1.51. The minimum Gasteiger partial charge on any atom is -0.344 e. The number of aromatic nitrogens is 2. The topological polar surface area (TPSA) is 69.9 Å². The Labute approximate surface area is 146 Å². The minimum atomic E-state index is -4.67. The third kappa shape index (κ3) is 4.60. The summed E-state index contributed by atoms with van der Waals surface area (Å²) in [5, 5.41) is 8.49. The van der Waals surface area contributed by atoms with Crippen molar-refractivity contribution in [3.8, 4) is 6.07 Å². The summed E-state index contributed by atoms with van der Waals surface area (Å²) in [4.78, 5) is 20.9. The average Bonchev–Trinajstić information content (AvgIpc) is 2.57. The number of benzene rings is 1. The van der Waals surface area contributed by atoms with Crippen LogP contribution in [0.1, 0.15) is 19.2 Å².